The van der Waals surface area contributed by atoms with Crippen LogP contribution in [0.1, 0.15) is 36.6 Å². The molecule has 0 radical (unpaired) electrons. The summed E-state index contributed by atoms with van der Waals surface area (Å²) in [5, 5.41) is 16.9. The van der Waals surface area contributed by atoms with Gasteiger partial charge < -0.3 is 25.8 Å². The van der Waals surface area contributed by atoms with Gasteiger partial charge in [-0.2, -0.15) is 28.2 Å². The number of halogens is 5. The van der Waals surface area contributed by atoms with Crippen LogP contribution in [0.25, 0.3) is 16.8 Å². The zero-order valence-corrected chi connectivity index (χ0v) is 25.3. The summed E-state index contributed by atoms with van der Waals surface area (Å²) in [6.07, 6.45) is -4.01. The molecule has 2 aromatic carbocycles. The lowest BCUT2D eigenvalue weighted by Gasteiger charge is -2.39. The van der Waals surface area contributed by atoms with E-state index in [1.807, 2.05) is 4.90 Å². The highest BCUT2D eigenvalue weighted by Gasteiger charge is 2.46. The number of alkyl halides is 3. The Morgan fingerprint density at radius 1 is 1.13 bits per heavy atom. The molecule has 15 heteroatoms. The highest BCUT2D eigenvalue weighted by Crippen LogP contribution is 2.43. The van der Waals surface area contributed by atoms with E-state index in [1.165, 1.54) is 47.3 Å². The van der Waals surface area contributed by atoms with Crippen molar-refractivity contribution in [3.8, 4) is 22.7 Å². The van der Waals surface area contributed by atoms with Crippen molar-refractivity contribution in [3.63, 3.8) is 0 Å². The number of aliphatic carboxylic acids is 1. The van der Waals surface area contributed by atoms with E-state index in [4.69, 9.17) is 22.1 Å². The molecule has 2 aliphatic rings. The fourth-order valence-corrected chi connectivity index (χ4v) is 6.40. The second kappa shape index (κ2) is 12.1. The van der Waals surface area contributed by atoms with E-state index in [0.29, 0.717) is 61.5 Å². The van der Waals surface area contributed by atoms with Gasteiger partial charge in [0.15, 0.2) is 0 Å². The van der Waals surface area contributed by atoms with Gasteiger partial charge in [-0.1, -0.05) is 23.7 Å². The van der Waals surface area contributed by atoms with Gasteiger partial charge in [0.05, 0.1) is 11.4 Å². The molecular formula is C31H30ClF4N7O3. The Kier molecular flexibility index (Phi) is 8.27. The predicted octanol–water partition coefficient (Wildman–Crippen LogP) is 5.73. The van der Waals surface area contributed by atoms with E-state index in [2.05, 4.69) is 20.4 Å². The third-order valence-electron chi connectivity index (χ3n) is 8.53. The van der Waals surface area contributed by atoms with E-state index in [9.17, 15) is 27.5 Å². The molecule has 4 heterocycles. The summed E-state index contributed by atoms with van der Waals surface area (Å²) in [5.74, 6) is -1.81. The Hall–Kier alpha value is -4.43. The first-order valence-electron chi connectivity index (χ1n) is 14.5. The number of benzene rings is 2. The van der Waals surface area contributed by atoms with Gasteiger partial charge in [0.1, 0.15) is 17.7 Å². The van der Waals surface area contributed by atoms with Gasteiger partial charge in [0.2, 0.25) is 17.9 Å². The summed E-state index contributed by atoms with van der Waals surface area (Å²) in [7, 11) is 0. The van der Waals surface area contributed by atoms with Gasteiger partial charge in [0, 0.05) is 42.5 Å². The Morgan fingerprint density at radius 3 is 2.52 bits per heavy atom. The summed E-state index contributed by atoms with van der Waals surface area (Å²) in [5.41, 5.74) is 6.92. The number of hydrogen-bond donors (Lipinski definition) is 3. The highest BCUT2D eigenvalue weighted by molar-refractivity contribution is 6.30. The molecule has 6 rings (SSSR count). The van der Waals surface area contributed by atoms with Crippen molar-refractivity contribution in [1.29, 1.82) is 0 Å². The largest absolute Gasteiger partial charge is 0.480 e. The number of piperidine rings is 1. The fraction of sp³-hybridized carbons (Fsp3) is 0.355. The Balaban J connectivity index is 1.31. The van der Waals surface area contributed by atoms with Gasteiger partial charge in [-0.15, -0.1) is 0 Å². The monoisotopic (exact) mass is 659 g/mol. The molecule has 46 heavy (non-hydrogen) atoms. The molecular weight excluding hydrogens is 630 g/mol. The van der Waals surface area contributed by atoms with Crippen LogP contribution in [0.4, 0.5) is 29.3 Å². The molecule has 0 bridgehead atoms. The van der Waals surface area contributed by atoms with Crippen LogP contribution in [0.15, 0.2) is 54.7 Å². The summed E-state index contributed by atoms with van der Waals surface area (Å²) in [4.78, 5) is 21.5. The molecule has 2 aromatic heterocycles. The first kappa shape index (κ1) is 31.5. The molecule has 0 amide bonds. The maximum absolute atomic E-state index is 14.8. The number of nitrogen functional groups attached to an aromatic ring is 1. The number of aryl methyl sites for hydroxylation is 1. The molecule has 10 nitrogen and oxygen atoms in total. The molecule has 4 aromatic rings. The Labute approximate surface area is 266 Å². The molecule has 0 aliphatic carbocycles. The van der Waals surface area contributed by atoms with Crippen LogP contribution in [-0.2, 0) is 4.79 Å². The van der Waals surface area contributed by atoms with E-state index in [-0.39, 0.29) is 33.5 Å². The lowest BCUT2D eigenvalue weighted by molar-refractivity contribution is -0.198. The van der Waals surface area contributed by atoms with Crippen molar-refractivity contribution >= 4 is 29.3 Å². The van der Waals surface area contributed by atoms with Crippen molar-refractivity contribution in [3.05, 3.63) is 76.8 Å². The number of rotatable bonds is 7. The van der Waals surface area contributed by atoms with Crippen LogP contribution < -0.4 is 20.7 Å². The minimum Gasteiger partial charge on any atom is -0.480 e. The maximum atomic E-state index is 14.8. The number of carboxylic acids is 1. The van der Waals surface area contributed by atoms with E-state index in [0.717, 1.165) is 6.07 Å². The number of carbonyl (C=O) groups is 1. The summed E-state index contributed by atoms with van der Waals surface area (Å²) in [6.45, 7) is 3.28. The Bertz CT molecular complexity index is 1760. The minimum absolute atomic E-state index is 0.0572. The average Bonchev–Trinajstić information content (AvgIpc) is 3.61. The lowest BCUT2D eigenvalue weighted by atomic mass is 9.76. The van der Waals surface area contributed by atoms with Crippen molar-refractivity contribution in [2.75, 3.05) is 30.3 Å². The molecule has 1 unspecified atom stereocenters. The second-order valence-corrected chi connectivity index (χ2v) is 12.2. The lowest BCUT2D eigenvalue weighted by Crippen LogP contribution is -2.41. The summed E-state index contributed by atoms with van der Waals surface area (Å²) >= 11 is 6.05. The van der Waals surface area contributed by atoms with E-state index in [1.54, 1.807) is 13.0 Å². The highest BCUT2D eigenvalue weighted by atomic mass is 35.5. The van der Waals surface area contributed by atoms with Gasteiger partial charge in [-0.3, -0.25) is 4.79 Å². The van der Waals surface area contributed by atoms with E-state index < -0.39 is 30.1 Å². The van der Waals surface area contributed by atoms with Gasteiger partial charge in [-0.25, -0.2) is 9.07 Å². The third-order valence-corrected chi connectivity index (χ3v) is 8.75. The van der Waals surface area contributed by atoms with Crippen LogP contribution in [0, 0.1) is 18.2 Å². The Morgan fingerprint density at radius 2 is 1.89 bits per heavy atom. The molecule has 2 fully saturated rings. The van der Waals surface area contributed by atoms with Crippen molar-refractivity contribution in [2.45, 2.75) is 44.5 Å². The predicted molar refractivity (Wildman–Crippen MR) is 162 cm³/mol. The first-order chi connectivity index (χ1) is 21.8. The number of nitrogens with one attached hydrogen (secondary N) is 1. The second-order valence-electron chi connectivity index (χ2n) is 11.8. The number of nitrogens with zero attached hydrogens (tertiary/aromatic N) is 5. The van der Waals surface area contributed by atoms with Crippen LogP contribution in [0.3, 0.4) is 0 Å². The molecule has 242 valence electrons. The van der Waals surface area contributed by atoms with Gasteiger partial charge >= 0.3 is 12.1 Å². The van der Waals surface area contributed by atoms with Crippen molar-refractivity contribution in [2.24, 2.45) is 5.41 Å². The third kappa shape index (κ3) is 6.58. The van der Waals surface area contributed by atoms with Gasteiger partial charge in [-0.05, 0) is 73.1 Å². The topological polar surface area (TPSA) is 131 Å². The van der Waals surface area contributed by atoms with Gasteiger partial charge in [0.25, 0.3) is 0 Å². The first-order valence-corrected chi connectivity index (χ1v) is 14.9. The maximum Gasteiger partial charge on any atom is 0.429 e. The quantitative estimate of drug-likeness (QED) is 0.213. The summed E-state index contributed by atoms with van der Waals surface area (Å²) < 4.78 is 65.4. The number of carboxylic acid groups (broad SMARTS) is 1. The molecule has 2 aliphatic heterocycles. The van der Waals surface area contributed by atoms with Crippen LogP contribution in [0.5, 0.6) is 5.88 Å². The number of hydrogen-bond acceptors (Lipinski definition) is 8. The number of aromatic nitrogens is 4. The van der Waals surface area contributed by atoms with Crippen molar-refractivity contribution < 1.29 is 32.2 Å². The number of nitrogens with two attached hydrogens (primary N) is 1. The van der Waals surface area contributed by atoms with Crippen LogP contribution in [-0.4, -0.2) is 62.7 Å². The normalized spacial score (nSPS) is 18.6. The van der Waals surface area contributed by atoms with E-state index >= 15 is 0 Å². The van der Waals surface area contributed by atoms with Crippen molar-refractivity contribution in [1.82, 2.24) is 25.1 Å². The molecule has 1 spiro atoms. The molecule has 4 N–H and O–H groups in total. The van der Waals surface area contributed by atoms with Crippen LogP contribution in [0.2, 0.25) is 5.02 Å². The van der Waals surface area contributed by atoms with Crippen LogP contribution >= 0.6 is 11.6 Å². The average molecular weight is 660 g/mol. The fourth-order valence-electron chi connectivity index (χ4n) is 6.18. The molecule has 2 saturated heterocycles. The zero-order chi connectivity index (χ0) is 32.8. The SMILES string of the molecule is Cc1ccn(-c2cc(-c3cc(F)cc(Cl)c3)ccc2[C@@H](Oc2cc(N3CCC4(CC3)CNC(C(=O)O)C4)nc(N)n2)C(F)(F)F)n1. The molecule has 0 saturated carbocycles. The minimum atomic E-state index is -4.89. The zero-order valence-electron chi connectivity index (χ0n) is 24.6. The smallest absolute Gasteiger partial charge is 0.429 e. The number of anilines is 2. The standard InChI is InChI=1S/C31H30ClF4N7O3/c1-17-4-7-43(41-17)24-12-18(19-10-20(32)13-21(33)11-19)2-3-22(24)27(31(34,35)36)46-26-14-25(39-29(37)40-26)42-8-5-30(6-9-42)15-23(28(44)45)38-16-30/h2-4,7,10-14,23,27,38H,5-6,8-9,15-16H2,1H3,(H,44,45)(H2,37,39,40)/t23?,27-/m1/s1. The summed E-state index contributed by atoms with van der Waals surface area (Å²) in [6, 6.07) is 10.4. The number of ether oxygens (including phenoxy) is 1. The molecule has 2 atom stereocenters.